The minimum absolute atomic E-state index is 0.614. The second-order valence-electron chi connectivity index (χ2n) is 3.79. The summed E-state index contributed by atoms with van der Waals surface area (Å²) in [7, 11) is 0. The van der Waals surface area contributed by atoms with Gasteiger partial charge < -0.3 is 10.6 Å². The zero-order valence-corrected chi connectivity index (χ0v) is 9.72. The van der Waals surface area contributed by atoms with Crippen molar-refractivity contribution in [3.8, 4) is 0 Å². The van der Waals surface area contributed by atoms with Crippen LogP contribution in [0.4, 0.5) is 5.95 Å². The van der Waals surface area contributed by atoms with E-state index >= 15 is 0 Å². The highest BCUT2D eigenvalue weighted by Crippen LogP contribution is 2.10. The van der Waals surface area contributed by atoms with Gasteiger partial charge in [0.05, 0.1) is 0 Å². The lowest BCUT2D eigenvalue weighted by Crippen LogP contribution is -2.30. The van der Waals surface area contributed by atoms with E-state index in [0.717, 1.165) is 24.7 Å². The predicted molar refractivity (Wildman–Crippen MR) is 64.7 cm³/mol. The normalized spacial score (nSPS) is 10.9. The fourth-order valence-electron chi connectivity index (χ4n) is 1.66. The van der Waals surface area contributed by atoms with Crippen molar-refractivity contribution < 1.29 is 0 Å². The Hall–Kier alpha value is -1.62. The van der Waals surface area contributed by atoms with Crippen LogP contribution in [0.25, 0.3) is 5.65 Å². The zero-order chi connectivity index (χ0) is 11.5. The van der Waals surface area contributed by atoms with Crippen LogP contribution in [0.2, 0.25) is 0 Å². The van der Waals surface area contributed by atoms with Gasteiger partial charge in [-0.25, -0.2) is 4.52 Å². The van der Waals surface area contributed by atoms with E-state index in [2.05, 4.69) is 21.9 Å². The van der Waals surface area contributed by atoms with Gasteiger partial charge in [0.1, 0.15) is 0 Å². The van der Waals surface area contributed by atoms with E-state index in [0.29, 0.717) is 6.54 Å². The van der Waals surface area contributed by atoms with Crippen LogP contribution in [0.5, 0.6) is 0 Å². The van der Waals surface area contributed by atoms with Gasteiger partial charge in [0, 0.05) is 25.8 Å². The fraction of sp³-hybridized carbons (Fsp3) is 0.455. The second kappa shape index (κ2) is 4.49. The molecule has 0 amide bonds. The molecule has 0 radical (unpaired) electrons. The molecule has 2 rings (SSSR count). The SMILES string of the molecule is CCN(CCN)c1nc2ccc(C)cn2n1. The number of likely N-dealkylation sites (N-methyl/N-ethyl adjacent to an activating group) is 1. The summed E-state index contributed by atoms with van der Waals surface area (Å²) in [5, 5.41) is 4.44. The van der Waals surface area contributed by atoms with E-state index in [-0.39, 0.29) is 0 Å². The van der Waals surface area contributed by atoms with Gasteiger partial charge in [-0.3, -0.25) is 0 Å². The van der Waals surface area contributed by atoms with Crippen molar-refractivity contribution in [1.29, 1.82) is 0 Å². The lowest BCUT2D eigenvalue weighted by molar-refractivity contribution is 0.778. The Labute approximate surface area is 94.9 Å². The largest absolute Gasteiger partial charge is 0.339 e. The van der Waals surface area contributed by atoms with Crippen LogP contribution in [-0.2, 0) is 0 Å². The molecule has 0 bridgehead atoms. The van der Waals surface area contributed by atoms with Gasteiger partial charge >= 0.3 is 0 Å². The Balaban J connectivity index is 2.37. The topological polar surface area (TPSA) is 59.5 Å². The summed E-state index contributed by atoms with van der Waals surface area (Å²) in [6.45, 7) is 6.38. The molecule has 5 nitrogen and oxygen atoms in total. The second-order valence-corrected chi connectivity index (χ2v) is 3.79. The maximum absolute atomic E-state index is 5.56. The average molecular weight is 219 g/mol. The van der Waals surface area contributed by atoms with E-state index in [4.69, 9.17) is 5.73 Å². The molecule has 0 aliphatic rings. The van der Waals surface area contributed by atoms with Gasteiger partial charge in [0.15, 0.2) is 5.65 Å². The molecule has 2 heterocycles. The van der Waals surface area contributed by atoms with Gasteiger partial charge in [-0.05, 0) is 25.5 Å². The van der Waals surface area contributed by atoms with Crippen LogP contribution < -0.4 is 10.6 Å². The lowest BCUT2D eigenvalue weighted by atomic mass is 10.3. The van der Waals surface area contributed by atoms with Crippen LogP contribution in [0.3, 0.4) is 0 Å². The molecule has 0 aliphatic carbocycles. The Morgan fingerprint density at radius 2 is 2.25 bits per heavy atom. The summed E-state index contributed by atoms with van der Waals surface area (Å²) in [6.07, 6.45) is 1.97. The predicted octanol–water partition coefficient (Wildman–Crippen LogP) is 0.823. The Bertz CT molecular complexity index is 476. The molecule has 0 saturated heterocycles. The molecule has 0 unspecified atom stereocenters. The Morgan fingerprint density at radius 3 is 2.94 bits per heavy atom. The van der Waals surface area contributed by atoms with Gasteiger partial charge in [-0.15, -0.1) is 5.10 Å². The van der Waals surface area contributed by atoms with Crippen LogP contribution in [0, 0.1) is 6.92 Å². The molecule has 2 N–H and O–H groups in total. The van der Waals surface area contributed by atoms with Crippen LogP contribution in [0.15, 0.2) is 18.3 Å². The third-order valence-electron chi connectivity index (χ3n) is 2.53. The molecule has 16 heavy (non-hydrogen) atoms. The number of aryl methyl sites for hydroxylation is 1. The number of anilines is 1. The van der Waals surface area contributed by atoms with Crippen molar-refractivity contribution in [2.24, 2.45) is 5.73 Å². The molecular formula is C11H17N5. The lowest BCUT2D eigenvalue weighted by Gasteiger charge is -2.16. The maximum atomic E-state index is 5.56. The fourth-order valence-corrected chi connectivity index (χ4v) is 1.66. The highest BCUT2D eigenvalue weighted by atomic mass is 15.4. The molecule has 0 fully saturated rings. The van der Waals surface area contributed by atoms with E-state index in [1.807, 2.05) is 29.8 Å². The van der Waals surface area contributed by atoms with Gasteiger partial charge in [0.2, 0.25) is 5.95 Å². The first-order valence-corrected chi connectivity index (χ1v) is 5.52. The Kier molecular flexibility index (Phi) is 3.05. The van der Waals surface area contributed by atoms with Crippen molar-refractivity contribution in [1.82, 2.24) is 14.6 Å². The molecule has 0 spiro atoms. The van der Waals surface area contributed by atoms with Crippen molar-refractivity contribution >= 4 is 11.6 Å². The van der Waals surface area contributed by atoms with Crippen molar-refractivity contribution in [2.45, 2.75) is 13.8 Å². The molecule has 0 saturated carbocycles. The van der Waals surface area contributed by atoms with Crippen LogP contribution in [-0.4, -0.2) is 34.2 Å². The smallest absolute Gasteiger partial charge is 0.245 e. The van der Waals surface area contributed by atoms with Crippen molar-refractivity contribution in [3.05, 3.63) is 23.9 Å². The summed E-state index contributed by atoms with van der Waals surface area (Å²) in [5.41, 5.74) is 7.60. The molecule has 2 aromatic heterocycles. The number of nitrogens with zero attached hydrogens (tertiary/aromatic N) is 4. The van der Waals surface area contributed by atoms with Crippen molar-refractivity contribution in [2.75, 3.05) is 24.5 Å². The molecule has 0 aliphatic heterocycles. The summed E-state index contributed by atoms with van der Waals surface area (Å²) in [6, 6.07) is 4.01. The van der Waals surface area contributed by atoms with E-state index < -0.39 is 0 Å². The highest BCUT2D eigenvalue weighted by Gasteiger charge is 2.09. The maximum Gasteiger partial charge on any atom is 0.245 e. The monoisotopic (exact) mass is 219 g/mol. The quantitative estimate of drug-likeness (QED) is 0.827. The van der Waals surface area contributed by atoms with Crippen molar-refractivity contribution in [3.63, 3.8) is 0 Å². The first kappa shape index (κ1) is 10.9. The molecule has 86 valence electrons. The Morgan fingerprint density at radius 1 is 1.44 bits per heavy atom. The number of nitrogens with two attached hydrogens (primary N) is 1. The summed E-state index contributed by atoms with van der Waals surface area (Å²) >= 11 is 0. The third kappa shape index (κ3) is 1.99. The highest BCUT2D eigenvalue weighted by molar-refractivity contribution is 5.45. The standard InChI is InChI=1S/C11H17N5/c1-3-15(7-6-12)11-13-10-5-4-9(2)8-16(10)14-11/h4-5,8H,3,6-7,12H2,1-2H3. The number of hydrogen-bond donors (Lipinski definition) is 1. The van der Waals surface area contributed by atoms with E-state index in [9.17, 15) is 0 Å². The average Bonchev–Trinajstić information content (AvgIpc) is 2.68. The third-order valence-corrected chi connectivity index (χ3v) is 2.53. The molecular weight excluding hydrogens is 202 g/mol. The van der Waals surface area contributed by atoms with Gasteiger partial charge in [-0.1, -0.05) is 6.07 Å². The first-order valence-electron chi connectivity index (χ1n) is 5.52. The zero-order valence-electron chi connectivity index (χ0n) is 9.72. The van der Waals surface area contributed by atoms with Gasteiger partial charge in [0.25, 0.3) is 0 Å². The van der Waals surface area contributed by atoms with Crippen LogP contribution in [0.1, 0.15) is 12.5 Å². The summed E-state index contributed by atoms with van der Waals surface area (Å²) in [4.78, 5) is 6.54. The molecule has 0 atom stereocenters. The number of rotatable bonds is 4. The molecule has 2 aromatic rings. The first-order chi connectivity index (χ1) is 7.74. The van der Waals surface area contributed by atoms with Gasteiger partial charge in [-0.2, -0.15) is 4.98 Å². The molecule has 0 aromatic carbocycles. The number of hydrogen-bond acceptors (Lipinski definition) is 4. The minimum Gasteiger partial charge on any atom is -0.339 e. The number of pyridine rings is 1. The minimum atomic E-state index is 0.614. The van der Waals surface area contributed by atoms with E-state index in [1.165, 1.54) is 5.56 Å². The number of fused-ring (bicyclic) bond motifs is 1. The summed E-state index contributed by atoms with van der Waals surface area (Å²) in [5.74, 6) is 0.749. The van der Waals surface area contributed by atoms with E-state index in [1.54, 1.807) is 0 Å². The summed E-state index contributed by atoms with van der Waals surface area (Å²) < 4.78 is 1.81. The number of aromatic nitrogens is 3. The van der Waals surface area contributed by atoms with Crippen LogP contribution >= 0.6 is 0 Å². The molecule has 5 heteroatoms.